The predicted molar refractivity (Wildman–Crippen MR) is 125 cm³/mol. The Hall–Kier alpha value is -4.24. The van der Waals surface area contributed by atoms with Crippen LogP contribution in [0.2, 0.25) is 0 Å². The average Bonchev–Trinajstić information content (AvgIpc) is 3.45. The summed E-state index contributed by atoms with van der Waals surface area (Å²) in [4.78, 5) is 39.4. The Morgan fingerprint density at radius 3 is 2.56 bits per heavy atom. The maximum absolute atomic E-state index is 13.2. The normalized spacial score (nSPS) is 13.3. The van der Waals surface area contributed by atoms with E-state index in [1.807, 2.05) is 0 Å². The number of benzene rings is 2. The number of nitrogens with zero attached hydrogens (tertiary/aromatic N) is 1. The fourth-order valence-corrected chi connectivity index (χ4v) is 3.58. The molecule has 0 atom stereocenters. The van der Waals surface area contributed by atoms with Gasteiger partial charge in [0.2, 0.25) is 0 Å². The van der Waals surface area contributed by atoms with E-state index in [-0.39, 0.29) is 28.9 Å². The number of hydrogen-bond donors (Lipinski definition) is 2. The molecule has 0 spiro atoms. The highest BCUT2D eigenvalue weighted by atomic mass is 35.5. The van der Waals surface area contributed by atoms with Gasteiger partial charge in [0.05, 0.1) is 32.7 Å². The van der Waals surface area contributed by atoms with Crippen LogP contribution in [0.15, 0.2) is 76.0 Å². The molecule has 1 aliphatic heterocycles. The molecule has 34 heavy (non-hydrogen) atoms. The van der Waals surface area contributed by atoms with Crippen LogP contribution < -0.4 is 25.0 Å². The molecule has 0 saturated heterocycles. The summed E-state index contributed by atoms with van der Waals surface area (Å²) in [6.45, 7) is 0.227. The second-order valence-electron chi connectivity index (χ2n) is 7.14. The zero-order valence-electron chi connectivity index (χ0n) is 18.3. The zero-order chi connectivity index (χ0) is 24.2. The number of carbonyl (C=O) groups excluding carboxylic acids is 3. The molecule has 0 unspecified atom stereocenters. The average molecular weight is 482 g/mol. The molecule has 0 bridgehead atoms. The van der Waals surface area contributed by atoms with Gasteiger partial charge >= 0.3 is 0 Å². The maximum atomic E-state index is 13.2. The molecule has 10 heteroatoms. The first-order chi connectivity index (χ1) is 16.4. The third-order valence-electron chi connectivity index (χ3n) is 5.05. The maximum Gasteiger partial charge on any atom is 0.283 e. The summed E-state index contributed by atoms with van der Waals surface area (Å²) in [6.07, 6.45) is 1.52. The van der Waals surface area contributed by atoms with E-state index in [2.05, 4.69) is 10.6 Å². The van der Waals surface area contributed by atoms with Crippen LogP contribution in [0.25, 0.3) is 0 Å². The lowest BCUT2D eigenvalue weighted by Gasteiger charge is -2.19. The van der Waals surface area contributed by atoms with Crippen LogP contribution in [0.3, 0.4) is 0 Å². The molecule has 0 aliphatic carbocycles. The lowest BCUT2D eigenvalue weighted by molar-refractivity contribution is -0.120. The smallest absolute Gasteiger partial charge is 0.283 e. The molecule has 3 amide bonds. The molecule has 2 aromatic carbocycles. The molecule has 9 nitrogen and oxygen atoms in total. The van der Waals surface area contributed by atoms with Crippen molar-refractivity contribution in [2.45, 2.75) is 6.54 Å². The third-order valence-corrected chi connectivity index (χ3v) is 5.40. The highest BCUT2D eigenvalue weighted by molar-refractivity contribution is 6.53. The molecular formula is C24H20ClN3O6. The molecule has 0 radical (unpaired) electrons. The van der Waals surface area contributed by atoms with Crippen molar-refractivity contribution in [2.24, 2.45) is 0 Å². The molecule has 3 aromatic rings. The number of amides is 3. The van der Waals surface area contributed by atoms with Crippen molar-refractivity contribution in [1.82, 2.24) is 5.32 Å². The zero-order valence-corrected chi connectivity index (χ0v) is 19.0. The summed E-state index contributed by atoms with van der Waals surface area (Å²) in [6, 6.07) is 14.7. The van der Waals surface area contributed by atoms with Gasteiger partial charge < -0.3 is 24.5 Å². The Kier molecular flexibility index (Phi) is 6.55. The van der Waals surface area contributed by atoms with E-state index in [1.165, 1.54) is 26.5 Å². The molecule has 0 saturated carbocycles. The monoisotopic (exact) mass is 481 g/mol. The number of ether oxygens (including phenoxy) is 2. The second-order valence-corrected chi connectivity index (χ2v) is 7.52. The number of methoxy groups -OCH3 is 2. The fraction of sp³-hybridized carbons (Fsp3) is 0.125. The van der Waals surface area contributed by atoms with Gasteiger partial charge in [-0.15, -0.1) is 0 Å². The minimum Gasteiger partial charge on any atom is -0.497 e. The summed E-state index contributed by atoms with van der Waals surface area (Å²) >= 11 is 6.24. The molecule has 1 aromatic heterocycles. The molecule has 1 aliphatic rings. The Balaban J connectivity index is 1.54. The van der Waals surface area contributed by atoms with Gasteiger partial charge in [0.25, 0.3) is 17.7 Å². The van der Waals surface area contributed by atoms with E-state index in [4.69, 9.17) is 25.5 Å². The number of anilines is 2. The van der Waals surface area contributed by atoms with E-state index in [0.717, 1.165) is 4.90 Å². The Labute approximate surface area is 199 Å². The number of hydrogen-bond acceptors (Lipinski definition) is 7. The van der Waals surface area contributed by atoms with E-state index in [0.29, 0.717) is 28.5 Å². The number of halogens is 1. The minimum absolute atomic E-state index is 0.121. The van der Waals surface area contributed by atoms with Gasteiger partial charge in [-0.2, -0.15) is 0 Å². The number of nitrogens with one attached hydrogen (secondary N) is 2. The number of rotatable bonds is 8. The van der Waals surface area contributed by atoms with Crippen LogP contribution in [0.5, 0.6) is 11.5 Å². The van der Waals surface area contributed by atoms with Crippen molar-refractivity contribution in [3.63, 3.8) is 0 Å². The Morgan fingerprint density at radius 2 is 1.85 bits per heavy atom. The number of carbonyl (C=O) groups is 3. The first-order valence-corrected chi connectivity index (χ1v) is 10.5. The van der Waals surface area contributed by atoms with Crippen LogP contribution >= 0.6 is 11.6 Å². The first kappa shape index (κ1) is 22.9. The summed E-state index contributed by atoms with van der Waals surface area (Å²) in [7, 11) is 2.89. The molecule has 174 valence electrons. The SMILES string of the molecule is COc1ccc(OC)c(N2C(=O)C(Cl)=C(Nc3cccc(C(=O)NCc4ccco4)c3)C2=O)c1. The summed E-state index contributed by atoms with van der Waals surface area (Å²) in [5.41, 5.74) is 0.818. The van der Waals surface area contributed by atoms with Crippen molar-refractivity contribution in [3.8, 4) is 11.5 Å². The van der Waals surface area contributed by atoms with Gasteiger partial charge in [-0.05, 0) is 42.5 Å². The van der Waals surface area contributed by atoms with Crippen LogP contribution in [-0.4, -0.2) is 31.9 Å². The van der Waals surface area contributed by atoms with Crippen LogP contribution in [0, 0.1) is 0 Å². The highest BCUT2D eigenvalue weighted by Crippen LogP contribution is 2.37. The largest absolute Gasteiger partial charge is 0.497 e. The minimum atomic E-state index is -0.715. The summed E-state index contributed by atoms with van der Waals surface area (Å²) in [5, 5.41) is 5.32. The van der Waals surface area contributed by atoms with E-state index < -0.39 is 11.8 Å². The predicted octanol–water partition coefficient (Wildman–Crippen LogP) is 3.66. The van der Waals surface area contributed by atoms with Crippen molar-refractivity contribution in [3.05, 3.63) is 82.9 Å². The fourth-order valence-electron chi connectivity index (χ4n) is 3.37. The topological polar surface area (TPSA) is 110 Å². The van der Waals surface area contributed by atoms with Crippen molar-refractivity contribution in [2.75, 3.05) is 24.4 Å². The van der Waals surface area contributed by atoms with Gasteiger partial charge in [0.1, 0.15) is 28.0 Å². The second kappa shape index (κ2) is 9.72. The lowest BCUT2D eigenvalue weighted by Crippen LogP contribution is -2.32. The lowest BCUT2D eigenvalue weighted by atomic mass is 10.2. The molecule has 2 heterocycles. The standard InChI is InChI=1S/C24H20ClN3O6/c1-32-16-8-9-19(33-2)18(12-16)28-23(30)20(25)21(24(28)31)27-15-6-3-5-14(11-15)22(29)26-13-17-7-4-10-34-17/h3-12,27H,13H2,1-2H3,(H,26,29). The van der Waals surface area contributed by atoms with Gasteiger partial charge in [-0.3, -0.25) is 14.4 Å². The molecule has 2 N–H and O–H groups in total. The number of furan rings is 1. The van der Waals surface area contributed by atoms with E-state index in [1.54, 1.807) is 48.5 Å². The summed E-state index contributed by atoms with van der Waals surface area (Å²) in [5.74, 6) is -0.382. The van der Waals surface area contributed by atoms with Crippen molar-refractivity contribution >= 4 is 40.7 Å². The van der Waals surface area contributed by atoms with Crippen molar-refractivity contribution in [1.29, 1.82) is 0 Å². The van der Waals surface area contributed by atoms with Crippen LogP contribution in [-0.2, 0) is 16.1 Å². The molecular weight excluding hydrogens is 462 g/mol. The Bertz CT molecular complexity index is 1290. The molecule has 4 rings (SSSR count). The molecule has 0 fully saturated rings. The van der Waals surface area contributed by atoms with Gasteiger partial charge in [0.15, 0.2) is 0 Å². The summed E-state index contributed by atoms with van der Waals surface area (Å²) < 4.78 is 15.7. The number of imide groups is 1. The third kappa shape index (κ3) is 4.46. The highest BCUT2D eigenvalue weighted by Gasteiger charge is 2.40. The van der Waals surface area contributed by atoms with E-state index >= 15 is 0 Å². The van der Waals surface area contributed by atoms with E-state index in [9.17, 15) is 14.4 Å². The van der Waals surface area contributed by atoms with Gasteiger partial charge in [-0.25, -0.2) is 4.90 Å². The van der Waals surface area contributed by atoms with Gasteiger partial charge in [0, 0.05) is 17.3 Å². The first-order valence-electron chi connectivity index (χ1n) is 10.1. The Morgan fingerprint density at radius 1 is 1.03 bits per heavy atom. The van der Waals surface area contributed by atoms with Crippen molar-refractivity contribution < 1.29 is 28.3 Å². The quantitative estimate of drug-likeness (QED) is 0.472. The van der Waals surface area contributed by atoms with Crippen LogP contribution in [0.1, 0.15) is 16.1 Å². The van der Waals surface area contributed by atoms with Gasteiger partial charge in [-0.1, -0.05) is 17.7 Å². The van der Waals surface area contributed by atoms with Crippen LogP contribution in [0.4, 0.5) is 11.4 Å².